The van der Waals surface area contributed by atoms with E-state index in [-0.39, 0.29) is 0 Å². The molecule has 0 bridgehead atoms. The van der Waals surface area contributed by atoms with Crippen LogP contribution in [-0.4, -0.2) is 34.3 Å². The Morgan fingerprint density at radius 2 is 2.00 bits per heavy atom. The Hall–Kier alpha value is -0.870. The second-order valence-electron chi connectivity index (χ2n) is 6.05. The van der Waals surface area contributed by atoms with Crippen molar-refractivity contribution in [3.63, 3.8) is 0 Å². The van der Waals surface area contributed by atoms with E-state index in [1.54, 1.807) is 0 Å². The summed E-state index contributed by atoms with van der Waals surface area (Å²) in [6.07, 6.45) is 8.24. The first kappa shape index (κ1) is 15.5. The maximum absolute atomic E-state index is 5.65. The molecule has 0 aliphatic carbocycles. The Labute approximate surface area is 123 Å². The van der Waals surface area contributed by atoms with Gasteiger partial charge in [-0.2, -0.15) is 5.10 Å². The van der Waals surface area contributed by atoms with Gasteiger partial charge >= 0.3 is 0 Å². The maximum Gasteiger partial charge on any atom is 0.0764 e. The summed E-state index contributed by atoms with van der Waals surface area (Å²) in [4.78, 5) is 2.53. The normalized spacial score (nSPS) is 18.0. The molecule has 1 fully saturated rings. The molecule has 2 N–H and O–H groups in total. The highest BCUT2D eigenvalue weighted by Gasteiger charge is 2.19. The molecule has 1 aliphatic heterocycles. The summed E-state index contributed by atoms with van der Waals surface area (Å²) in [5.41, 5.74) is 6.87. The molecule has 114 valence electrons. The fourth-order valence-electron chi connectivity index (χ4n) is 3.23. The van der Waals surface area contributed by atoms with Gasteiger partial charge in [-0.1, -0.05) is 13.8 Å². The fraction of sp³-hybridized carbons (Fsp3) is 0.812. The van der Waals surface area contributed by atoms with Crippen LogP contribution in [0.15, 0.2) is 12.3 Å². The fourth-order valence-corrected chi connectivity index (χ4v) is 3.23. The first-order valence-corrected chi connectivity index (χ1v) is 8.23. The Bertz CT molecular complexity index is 376. The molecule has 4 nitrogen and oxygen atoms in total. The Balaban J connectivity index is 1.82. The van der Waals surface area contributed by atoms with Crippen LogP contribution in [0.4, 0.5) is 0 Å². The summed E-state index contributed by atoms with van der Waals surface area (Å²) in [5.74, 6) is 0.846. The number of aromatic nitrogens is 2. The van der Waals surface area contributed by atoms with Crippen molar-refractivity contribution < 1.29 is 0 Å². The average Bonchev–Trinajstić information content (AvgIpc) is 2.91. The van der Waals surface area contributed by atoms with Crippen LogP contribution in [0.2, 0.25) is 0 Å². The maximum atomic E-state index is 5.65. The second kappa shape index (κ2) is 7.79. The van der Waals surface area contributed by atoms with Crippen LogP contribution in [0.1, 0.15) is 57.7 Å². The average molecular weight is 278 g/mol. The van der Waals surface area contributed by atoms with Gasteiger partial charge in [-0.05, 0) is 63.7 Å². The van der Waals surface area contributed by atoms with E-state index in [0.717, 1.165) is 31.8 Å². The topological polar surface area (TPSA) is 47.1 Å². The summed E-state index contributed by atoms with van der Waals surface area (Å²) < 4.78 is 2.15. The molecule has 4 heteroatoms. The Morgan fingerprint density at radius 3 is 2.60 bits per heavy atom. The van der Waals surface area contributed by atoms with E-state index in [4.69, 9.17) is 10.8 Å². The van der Waals surface area contributed by atoms with E-state index in [1.165, 1.54) is 38.0 Å². The van der Waals surface area contributed by atoms with Crippen molar-refractivity contribution >= 4 is 0 Å². The molecular weight excluding hydrogens is 248 g/mol. The third kappa shape index (κ3) is 4.06. The molecule has 0 amide bonds. The highest BCUT2D eigenvalue weighted by atomic mass is 15.3. The zero-order valence-corrected chi connectivity index (χ0v) is 13.1. The van der Waals surface area contributed by atoms with Crippen LogP contribution >= 0.6 is 0 Å². The lowest BCUT2D eigenvalue weighted by Gasteiger charge is -2.31. The van der Waals surface area contributed by atoms with Gasteiger partial charge in [0.25, 0.3) is 0 Å². The molecule has 0 saturated carbocycles. The Kier molecular flexibility index (Phi) is 6.05. The summed E-state index contributed by atoms with van der Waals surface area (Å²) in [6.45, 7) is 8.70. The lowest BCUT2D eigenvalue weighted by Crippen LogP contribution is -2.34. The predicted molar refractivity (Wildman–Crippen MR) is 83.5 cm³/mol. The SMILES string of the molecule is CCC(CC)n1ccc(CN2CCC(CCN)CC2)n1. The van der Waals surface area contributed by atoms with Gasteiger partial charge in [0.2, 0.25) is 0 Å². The third-order valence-electron chi connectivity index (χ3n) is 4.65. The van der Waals surface area contributed by atoms with Crippen molar-refractivity contribution in [2.45, 2.75) is 58.5 Å². The van der Waals surface area contributed by atoms with Crippen LogP contribution in [0.3, 0.4) is 0 Å². The molecular formula is C16H30N4. The van der Waals surface area contributed by atoms with Gasteiger partial charge in [0, 0.05) is 12.7 Å². The first-order valence-electron chi connectivity index (χ1n) is 8.23. The molecule has 0 atom stereocenters. The van der Waals surface area contributed by atoms with Gasteiger partial charge in [0.05, 0.1) is 11.7 Å². The van der Waals surface area contributed by atoms with Crippen LogP contribution in [0.25, 0.3) is 0 Å². The van der Waals surface area contributed by atoms with Crippen molar-refractivity contribution in [3.05, 3.63) is 18.0 Å². The molecule has 1 aromatic rings. The number of hydrogen-bond acceptors (Lipinski definition) is 3. The zero-order chi connectivity index (χ0) is 14.4. The largest absolute Gasteiger partial charge is 0.330 e. The van der Waals surface area contributed by atoms with E-state index in [1.807, 2.05) is 0 Å². The number of rotatable bonds is 7. The van der Waals surface area contributed by atoms with Gasteiger partial charge in [-0.3, -0.25) is 9.58 Å². The second-order valence-corrected chi connectivity index (χ2v) is 6.05. The number of hydrogen-bond donors (Lipinski definition) is 1. The third-order valence-corrected chi connectivity index (χ3v) is 4.65. The van der Waals surface area contributed by atoms with E-state index in [0.29, 0.717) is 6.04 Å². The van der Waals surface area contributed by atoms with Crippen molar-refractivity contribution in [2.24, 2.45) is 11.7 Å². The minimum atomic E-state index is 0.555. The smallest absolute Gasteiger partial charge is 0.0764 e. The number of nitrogens with zero attached hydrogens (tertiary/aromatic N) is 3. The molecule has 1 saturated heterocycles. The molecule has 0 radical (unpaired) electrons. The van der Waals surface area contributed by atoms with Crippen LogP contribution in [0.5, 0.6) is 0 Å². The van der Waals surface area contributed by atoms with Gasteiger partial charge in [0.1, 0.15) is 0 Å². The minimum Gasteiger partial charge on any atom is -0.330 e. The van der Waals surface area contributed by atoms with Gasteiger partial charge in [-0.15, -0.1) is 0 Å². The monoisotopic (exact) mass is 278 g/mol. The summed E-state index contributed by atoms with van der Waals surface area (Å²) in [7, 11) is 0. The van der Waals surface area contributed by atoms with Gasteiger partial charge in [-0.25, -0.2) is 0 Å². The highest BCUT2D eigenvalue weighted by molar-refractivity contribution is 5.00. The molecule has 0 spiro atoms. The zero-order valence-electron chi connectivity index (χ0n) is 13.1. The van der Waals surface area contributed by atoms with Gasteiger partial charge < -0.3 is 5.73 Å². The molecule has 1 aliphatic rings. The number of likely N-dealkylation sites (tertiary alicyclic amines) is 1. The molecule has 2 heterocycles. The molecule has 2 rings (SSSR count). The minimum absolute atomic E-state index is 0.555. The summed E-state index contributed by atoms with van der Waals surface area (Å²) >= 11 is 0. The first-order chi connectivity index (χ1) is 9.76. The number of nitrogens with two attached hydrogens (primary N) is 1. The van der Waals surface area contributed by atoms with Crippen LogP contribution in [0, 0.1) is 5.92 Å². The quantitative estimate of drug-likeness (QED) is 0.834. The van der Waals surface area contributed by atoms with E-state index in [2.05, 4.69) is 35.7 Å². The number of piperidine rings is 1. The van der Waals surface area contributed by atoms with E-state index < -0.39 is 0 Å². The lowest BCUT2D eigenvalue weighted by atomic mass is 9.93. The molecule has 0 unspecified atom stereocenters. The van der Waals surface area contributed by atoms with E-state index in [9.17, 15) is 0 Å². The molecule has 1 aromatic heterocycles. The van der Waals surface area contributed by atoms with Crippen molar-refractivity contribution in [2.75, 3.05) is 19.6 Å². The standard InChI is InChI=1S/C16H30N4/c1-3-16(4-2)20-12-8-15(18-20)13-19-10-6-14(5-9-17)7-11-19/h8,12,14,16H,3-7,9-11,13,17H2,1-2H3. The van der Waals surface area contributed by atoms with E-state index >= 15 is 0 Å². The van der Waals surface area contributed by atoms with Crippen molar-refractivity contribution in [3.8, 4) is 0 Å². The summed E-state index contributed by atoms with van der Waals surface area (Å²) in [5, 5.41) is 4.76. The van der Waals surface area contributed by atoms with Gasteiger partial charge in [0.15, 0.2) is 0 Å². The highest BCUT2D eigenvalue weighted by Crippen LogP contribution is 2.21. The van der Waals surface area contributed by atoms with Crippen LogP contribution in [-0.2, 0) is 6.54 Å². The molecule has 20 heavy (non-hydrogen) atoms. The lowest BCUT2D eigenvalue weighted by molar-refractivity contribution is 0.171. The molecule has 0 aromatic carbocycles. The van der Waals surface area contributed by atoms with Crippen molar-refractivity contribution in [1.82, 2.24) is 14.7 Å². The Morgan fingerprint density at radius 1 is 1.30 bits per heavy atom. The summed E-state index contributed by atoms with van der Waals surface area (Å²) in [6, 6.07) is 2.74. The van der Waals surface area contributed by atoms with Crippen molar-refractivity contribution in [1.29, 1.82) is 0 Å². The van der Waals surface area contributed by atoms with Crippen LogP contribution < -0.4 is 5.73 Å². The predicted octanol–water partition coefficient (Wildman–Crippen LogP) is 2.81.